The van der Waals surface area contributed by atoms with Crippen molar-refractivity contribution in [1.82, 2.24) is 15.1 Å². The van der Waals surface area contributed by atoms with Crippen LogP contribution >= 0.6 is 12.4 Å². The van der Waals surface area contributed by atoms with Gasteiger partial charge < -0.3 is 15.1 Å². The first-order valence-corrected chi connectivity index (χ1v) is 7.23. The number of amides is 1. The van der Waals surface area contributed by atoms with E-state index < -0.39 is 0 Å². The maximum atomic E-state index is 12.1. The first-order chi connectivity index (χ1) is 8.50. The van der Waals surface area contributed by atoms with E-state index >= 15 is 0 Å². The molecule has 1 rings (SSSR count). The lowest BCUT2D eigenvalue weighted by Crippen LogP contribution is -2.47. The van der Waals surface area contributed by atoms with Crippen molar-refractivity contribution in [3.63, 3.8) is 0 Å². The van der Waals surface area contributed by atoms with Gasteiger partial charge in [-0.15, -0.1) is 12.4 Å². The van der Waals surface area contributed by atoms with Crippen LogP contribution in [0.15, 0.2) is 0 Å². The minimum absolute atomic E-state index is 0. The highest BCUT2D eigenvalue weighted by Crippen LogP contribution is 2.06. The molecule has 0 spiro atoms. The van der Waals surface area contributed by atoms with E-state index in [1.807, 2.05) is 4.90 Å². The lowest BCUT2D eigenvalue weighted by Gasteiger charge is -2.31. The molecular weight excluding hydrogens is 262 g/mol. The Hall–Kier alpha value is -0.320. The van der Waals surface area contributed by atoms with Crippen LogP contribution < -0.4 is 5.32 Å². The minimum atomic E-state index is 0. The molecule has 19 heavy (non-hydrogen) atoms. The van der Waals surface area contributed by atoms with Gasteiger partial charge in [0.2, 0.25) is 5.91 Å². The Kier molecular flexibility index (Phi) is 9.40. The van der Waals surface area contributed by atoms with E-state index in [2.05, 4.69) is 37.9 Å². The van der Waals surface area contributed by atoms with Gasteiger partial charge in [-0.1, -0.05) is 13.8 Å². The largest absolute Gasteiger partial charge is 0.340 e. The van der Waals surface area contributed by atoms with Crippen LogP contribution in [0.25, 0.3) is 0 Å². The first kappa shape index (κ1) is 18.7. The molecule has 0 aromatic carbocycles. The van der Waals surface area contributed by atoms with Crippen LogP contribution in [-0.2, 0) is 4.79 Å². The third-order valence-electron chi connectivity index (χ3n) is 3.41. The number of hydrogen-bond donors (Lipinski definition) is 1. The number of rotatable bonds is 6. The van der Waals surface area contributed by atoms with Crippen LogP contribution in [0.3, 0.4) is 0 Å². The van der Waals surface area contributed by atoms with Crippen molar-refractivity contribution >= 4 is 18.3 Å². The molecule has 5 heteroatoms. The monoisotopic (exact) mass is 291 g/mol. The molecule has 4 nitrogen and oxygen atoms in total. The summed E-state index contributed by atoms with van der Waals surface area (Å²) in [5, 5.41) is 3.27. The number of piperazine rings is 1. The molecular formula is C14H30ClN3O. The highest BCUT2D eigenvalue weighted by atomic mass is 35.5. The second kappa shape index (κ2) is 9.56. The Balaban J connectivity index is 0.00000324. The number of nitrogens with one attached hydrogen (secondary N) is 1. The molecule has 1 fully saturated rings. The maximum Gasteiger partial charge on any atom is 0.223 e. The van der Waals surface area contributed by atoms with Gasteiger partial charge in [0.1, 0.15) is 0 Å². The highest BCUT2D eigenvalue weighted by molar-refractivity contribution is 5.85. The number of nitrogens with zero attached hydrogens (tertiary/aromatic N) is 2. The Morgan fingerprint density at radius 2 is 1.79 bits per heavy atom. The minimum Gasteiger partial charge on any atom is -0.340 e. The fourth-order valence-corrected chi connectivity index (χ4v) is 2.34. The smallest absolute Gasteiger partial charge is 0.223 e. The molecule has 1 aliphatic rings. The molecule has 0 bridgehead atoms. The lowest BCUT2D eigenvalue weighted by molar-refractivity contribution is -0.132. The van der Waals surface area contributed by atoms with Gasteiger partial charge >= 0.3 is 0 Å². The summed E-state index contributed by atoms with van der Waals surface area (Å²) in [7, 11) is 0. The molecule has 0 aliphatic carbocycles. The highest BCUT2D eigenvalue weighted by Gasteiger charge is 2.18. The van der Waals surface area contributed by atoms with Crippen LogP contribution in [0.2, 0.25) is 0 Å². The molecule has 0 atom stereocenters. The molecule has 114 valence electrons. The molecule has 1 aliphatic heterocycles. The zero-order chi connectivity index (χ0) is 13.5. The number of carbonyl (C=O) groups excluding carboxylic acids is 1. The normalized spacial score (nSPS) is 16.1. The summed E-state index contributed by atoms with van der Waals surface area (Å²) in [6.45, 7) is 14.4. The molecule has 1 heterocycles. The van der Waals surface area contributed by atoms with Crippen molar-refractivity contribution in [2.75, 3.05) is 39.3 Å². The van der Waals surface area contributed by atoms with Gasteiger partial charge in [-0.3, -0.25) is 4.79 Å². The van der Waals surface area contributed by atoms with Crippen molar-refractivity contribution in [1.29, 1.82) is 0 Å². The zero-order valence-corrected chi connectivity index (χ0v) is 13.6. The summed E-state index contributed by atoms with van der Waals surface area (Å²) in [6, 6.07) is 0.517. The van der Waals surface area contributed by atoms with Crippen LogP contribution in [0.4, 0.5) is 0 Å². The number of hydrogen-bond acceptors (Lipinski definition) is 3. The Morgan fingerprint density at radius 1 is 1.21 bits per heavy atom. The number of halogens is 1. The van der Waals surface area contributed by atoms with Crippen molar-refractivity contribution < 1.29 is 4.79 Å². The molecule has 0 aromatic rings. The van der Waals surface area contributed by atoms with Crippen molar-refractivity contribution in [3.05, 3.63) is 0 Å². The third-order valence-corrected chi connectivity index (χ3v) is 3.41. The zero-order valence-electron chi connectivity index (χ0n) is 12.8. The number of carbonyl (C=O) groups is 1. The maximum absolute atomic E-state index is 12.1. The molecule has 0 saturated carbocycles. The average molecular weight is 292 g/mol. The fourth-order valence-electron chi connectivity index (χ4n) is 2.34. The van der Waals surface area contributed by atoms with Gasteiger partial charge in [-0.2, -0.15) is 0 Å². The van der Waals surface area contributed by atoms with Gasteiger partial charge in [0.05, 0.1) is 0 Å². The van der Waals surface area contributed by atoms with Gasteiger partial charge in [0.25, 0.3) is 0 Å². The second-order valence-corrected chi connectivity index (χ2v) is 5.86. The van der Waals surface area contributed by atoms with E-state index in [1.54, 1.807) is 0 Å². The third kappa shape index (κ3) is 7.14. The summed E-state index contributed by atoms with van der Waals surface area (Å²) in [6.07, 6.45) is 0.658. The molecule has 0 radical (unpaired) electrons. The quantitative estimate of drug-likeness (QED) is 0.807. The topological polar surface area (TPSA) is 35.6 Å². The summed E-state index contributed by atoms with van der Waals surface area (Å²) in [4.78, 5) is 16.5. The van der Waals surface area contributed by atoms with Crippen LogP contribution in [0, 0.1) is 5.92 Å². The predicted molar refractivity (Wildman–Crippen MR) is 82.9 cm³/mol. The second-order valence-electron chi connectivity index (χ2n) is 5.86. The summed E-state index contributed by atoms with van der Waals surface area (Å²) in [5.41, 5.74) is 0. The molecule has 0 aromatic heterocycles. The molecule has 1 saturated heterocycles. The average Bonchev–Trinajstić information content (AvgIpc) is 2.34. The van der Waals surface area contributed by atoms with E-state index in [4.69, 9.17) is 0 Å². The van der Waals surface area contributed by atoms with Crippen molar-refractivity contribution in [2.24, 2.45) is 5.92 Å². The summed E-state index contributed by atoms with van der Waals surface area (Å²) >= 11 is 0. The SMILES string of the molecule is CC(C)CN(CCC(=O)N1CCNCC1)C(C)C.Cl. The lowest BCUT2D eigenvalue weighted by atomic mass is 10.1. The standard InChI is InChI=1S/C14H29N3O.ClH/c1-12(2)11-17(13(3)4)8-5-14(18)16-9-6-15-7-10-16;/h12-13,15H,5-11H2,1-4H3;1H. The van der Waals surface area contributed by atoms with Gasteiger partial charge in [-0.25, -0.2) is 0 Å². The Labute approximate surface area is 124 Å². The van der Waals surface area contributed by atoms with Crippen LogP contribution in [-0.4, -0.2) is 61.0 Å². The molecule has 1 amide bonds. The van der Waals surface area contributed by atoms with E-state index in [1.165, 1.54) is 0 Å². The first-order valence-electron chi connectivity index (χ1n) is 7.23. The van der Waals surface area contributed by atoms with Gasteiger partial charge in [0.15, 0.2) is 0 Å². The van der Waals surface area contributed by atoms with E-state index in [9.17, 15) is 4.79 Å². The predicted octanol–water partition coefficient (Wildman–Crippen LogP) is 1.60. The van der Waals surface area contributed by atoms with Crippen LogP contribution in [0.5, 0.6) is 0 Å². The Bertz CT molecular complexity index is 253. The van der Waals surface area contributed by atoms with E-state index in [0.29, 0.717) is 24.3 Å². The van der Waals surface area contributed by atoms with Gasteiger partial charge in [-0.05, 0) is 19.8 Å². The summed E-state index contributed by atoms with van der Waals surface area (Å²) < 4.78 is 0. The molecule has 1 N–H and O–H groups in total. The van der Waals surface area contributed by atoms with E-state index in [-0.39, 0.29) is 12.4 Å². The fraction of sp³-hybridized carbons (Fsp3) is 0.929. The van der Waals surface area contributed by atoms with Crippen molar-refractivity contribution in [3.8, 4) is 0 Å². The van der Waals surface area contributed by atoms with Gasteiger partial charge in [0, 0.05) is 51.7 Å². The van der Waals surface area contributed by atoms with Crippen LogP contribution in [0.1, 0.15) is 34.1 Å². The molecule has 0 unspecified atom stereocenters. The Morgan fingerprint density at radius 3 is 2.26 bits per heavy atom. The summed E-state index contributed by atoms with van der Waals surface area (Å²) in [5.74, 6) is 0.965. The van der Waals surface area contributed by atoms with E-state index in [0.717, 1.165) is 39.3 Å². The van der Waals surface area contributed by atoms with Crippen molar-refractivity contribution in [2.45, 2.75) is 40.2 Å².